The molecule has 0 bridgehead atoms. The molecule has 0 saturated carbocycles. The van der Waals surface area contributed by atoms with Crippen LogP contribution in [0.3, 0.4) is 0 Å². The Morgan fingerprint density at radius 3 is 3.00 bits per heavy atom. The molecule has 1 fully saturated rings. The Balaban J connectivity index is 1.53. The van der Waals surface area contributed by atoms with Gasteiger partial charge in [-0.25, -0.2) is 9.97 Å². The fraction of sp³-hybridized carbons (Fsp3) is 0.429. The van der Waals surface area contributed by atoms with Gasteiger partial charge in [0, 0.05) is 23.9 Å². The van der Waals surface area contributed by atoms with Crippen molar-refractivity contribution in [2.45, 2.75) is 25.8 Å². The third-order valence-corrected chi connectivity index (χ3v) is 5.21. The first-order valence-electron chi connectivity index (χ1n) is 7.50. The van der Waals surface area contributed by atoms with Crippen molar-refractivity contribution < 1.29 is 0 Å². The SMILES string of the molecule is Cc1ncsc1CN1CCC(c2nc3nc(N)nc(N)c3[nH]2)C1. The summed E-state index contributed by atoms with van der Waals surface area (Å²) in [7, 11) is 0. The lowest BCUT2D eigenvalue weighted by Crippen LogP contribution is -2.19. The summed E-state index contributed by atoms with van der Waals surface area (Å²) in [5, 5.41) is 0. The van der Waals surface area contributed by atoms with Crippen LogP contribution in [0.25, 0.3) is 11.2 Å². The van der Waals surface area contributed by atoms with Crippen molar-refractivity contribution in [1.82, 2.24) is 29.8 Å². The van der Waals surface area contributed by atoms with E-state index in [2.05, 4.69) is 36.7 Å². The quantitative estimate of drug-likeness (QED) is 0.661. The van der Waals surface area contributed by atoms with Crippen molar-refractivity contribution in [2.75, 3.05) is 24.6 Å². The number of hydrogen-bond acceptors (Lipinski definition) is 8. The molecule has 5 N–H and O–H groups in total. The van der Waals surface area contributed by atoms with Crippen LogP contribution in [-0.4, -0.2) is 42.9 Å². The summed E-state index contributed by atoms with van der Waals surface area (Å²) in [6.45, 7) is 5.01. The molecule has 0 amide bonds. The van der Waals surface area contributed by atoms with Crippen molar-refractivity contribution >= 4 is 34.3 Å². The molecule has 120 valence electrons. The van der Waals surface area contributed by atoms with E-state index in [0.717, 1.165) is 37.6 Å². The molecule has 1 aliphatic heterocycles. The number of aromatic nitrogens is 5. The topological polar surface area (TPSA) is 123 Å². The minimum atomic E-state index is 0.154. The maximum atomic E-state index is 5.88. The van der Waals surface area contributed by atoms with E-state index in [-0.39, 0.29) is 5.95 Å². The summed E-state index contributed by atoms with van der Waals surface area (Å²) in [4.78, 5) is 24.0. The number of nitrogens with one attached hydrogen (secondary N) is 1. The Kier molecular flexibility index (Phi) is 3.38. The summed E-state index contributed by atoms with van der Waals surface area (Å²) in [6, 6.07) is 0. The maximum Gasteiger partial charge on any atom is 0.224 e. The van der Waals surface area contributed by atoms with Gasteiger partial charge in [-0.15, -0.1) is 11.3 Å². The molecule has 1 atom stereocenters. The van der Waals surface area contributed by atoms with Crippen LogP contribution in [0.4, 0.5) is 11.8 Å². The lowest BCUT2D eigenvalue weighted by Gasteiger charge is -2.14. The lowest BCUT2D eigenvalue weighted by molar-refractivity contribution is 0.328. The number of rotatable bonds is 3. The number of thiazole rings is 1. The van der Waals surface area contributed by atoms with E-state index in [9.17, 15) is 0 Å². The van der Waals surface area contributed by atoms with E-state index in [0.29, 0.717) is 22.9 Å². The number of hydrogen-bond donors (Lipinski definition) is 3. The normalized spacial score (nSPS) is 18.9. The van der Waals surface area contributed by atoms with E-state index in [1.165, 1.54) is 4.88 Å². The summed E-state index contributed by atoms with van der Waals surface area (Å²) < 4.78 is 0. The maximum absolute atomic E-state index is 5.88. The zero-order chi connectivity index (χ0) is 16.0. The summed E-state index contributed by atoms with van der Waals surface area (Å²) in [5.74, 6) is 1.76. The van der Waals surface area contributed by atoms with E-state index in [1.807, 2.05) is 5.51 Å². The Morgan fingerprint density at radius 2 is 2.22 bits per heavy atom. The van der Waals surface area contributed by atoms with Crippen LogP contribution >= 0.6 is 11.3 Å². The minimum absolute atomic E-state index is 0.154. The van der Waals surface area contributed by atoms with Crippen molar-refractivity contribution in [3.8, 4) is 0 Å². The first kappa shape index (κ1) is 14.3. The Hall–Kier alpha value is -2.26. The number of imidazole rings is 1. The highest BCUT2D eigenvalue weighted by Crippen LogP contribution is 2.29. The summed E-state index contributed by atoms with van der Waals surface area (Å²) >= 11 is 1.72. The zero-order valence-electron chi connectivity index (χ0n) is 12.8. The van der Waals surface area contributed by atoms with Gasteiger partial charge in [-0.2, -0.15) is 9.97 Å². The van der Waals surface area contributed by atoms with Gasteiger partial charge in [0.15, 0.2) is 11.5 Å². The highest BCUT2D eigenvalue weighted by molar-refractivity contribution is 7.09. The number of fused-ring (bicyclic) bond motifs is 1. The molecule has 1 unspecified atom stereocenters. The van der Waals surface area contributed by atoms with Gasteiger partial charge in [0.05, 0.1) is 11.2 Å². The van der Waals surface area contributed by atoms with Gasteiger partial charge < -0.3 is 16.5 Å². The minimum Gasteiger partial charge on any atom is -0.382 e. The number of nitrogen functional groups attached to an aromatic ring is 2. The van der Waals surface area contributed by atoms with Crippen LogP contribution in [0.15, 0.2) is 5.51 Å². The molecule has 0 radical (unpaired) electrons. The van der Waals surface area contributed by atoms with E-state index in [1.54, 1.807) is 11.3 Å². The molecule has 4 heterocycles. The lowest BCUT2D eigenvalue weighted by atomic mass is 10.1. The molecule has 9 heteroatoms. The summed E-state index contributed by atoms with van der Waals surface area (Å²) in [5.41, 5.74) is 15.8. The van der Waals surface area contributed by atoms with Gasteiger partial charge in [0.25, 0.3) is 0 Å². The predicted octanol–water partition coefficient (Wildman–Crippen LogP) is 1.27. The van der Waals surface area contributed by atoms with Gasteiger partial charge in [0.2, 0.25) is 5.95 Å². The Labute approximate surface area is 137 Å². The molecule has 4 rings (SSSR count). The number of nitrogens with two attached hydrogens (primary N) is 2. The smallest absolute Gasteiger partial charge is 0.224 e. The van der Waals surface area contributed by atoms with Crippen LogP contribution < -0.4 is 11.5 Å². The van der Waals surface area contributed by atoms with Crippen LogP contribution in [-0.2, 0) is 6.54 Å². The van der Waals surface area contributed by atoms with Gasteiger partial charge in [0.1, 0.15) is 11.3 Å². The average molecular weight is 330 g/mol. The number of likely N-dealkylation sites (tertiary alicyclic amines) is 1. The van der Waals surface area contributed by atoms with Crippen LogP contribution in [0.2, 0.25) is 0 Å². The Bertz CT molecular complexity index is 854. The zero-order valence-corrected chi connectivity index (χ0v) is 13.6. The number of anilines is 2. The summed E-state index contributed by atoms with van der Waals surface area (Å²) in [6.07, 6.45) is 1.06. The molecule has 0 aliphatic carbocycles. The number of nitrogens with zero attached hydrogens (tertiary/aromatic N) is 5. The van der Waals surface area contributed by atoms with Crippen molar-refractivity contribution in [2.24, 2.45) is 0 Å². The van der Waals surface area contributed by atoms with Gasteiger partial charge in [-0.05, 0) is 19.9 Å². The molecule has 0 aromatic carbocycles. The molecule has 23 heavy (non-hydrogen) atoms. The molecule has 3 aromatic heterocycles. The first-order chi connectivity index (χ1) is 11.1. The molecule has 3 aromatic rings. The second-order valence-corrected chi connectivity index (χ2v) is 6.81. The number of aryl methyl sites for hydroxylation is 1. The van der Waals surface area contributed by atoms with Crippen molar-refractivity contribution in [3.63, 3.8) is 0 Å². The highest BCUT2D eigenvalue weighted by Gasteiger charge is 2.27. The molecular formula is C14H18N8S. The van der Waals surface area contributed by atoms with E-state index in [4.69, 9.17) is 11.5 Å². The average Bonchev–Trinajstić information content (AvgIpc) is 3.20. The first-order valence-corrected chi connectivity index (χ1v) is 8.38. The van der Waals surface area contributed by atoms with Crippen molar-refractivity contribution in [3.05, 3.63) is 21.9 Å². The monoisotopic (exact) mass is 330 g/mol. The number of aromatic amines is 1. The third-order valence-electron chi connectivity index (χ3n) is 4.29. The second-order valence-electron chi connectivity index (χ2n) is 5.87. The fourth-order valence-corrected chi connectivity index (χ4v) is 3.85. The van der Waals surface area contributed by atoms with Crippen LogP contribution in [0.1, 0.15) is 28.7 Å². The van der Waals surface area contributed by atoms with Gasteiger partial charge in [-0.3, -0.25) is 4.90 Å². The molecular weight excluding hydrogens is 312 g/mol. The predicted molar refractivity (Wildman–Crippen MR) is 90.0 cm³/mol. The standard InChI is InChI=1S/C14H18N8S/c1-7-9(23-6-17-7)5-22-3-2-8(4-22)12-18-10-11(15)19-14(16)21-13(10)20-12/h6,8H,2-5H2,1H3,(H5,15,16,18,19,20,21). The molecule has 1 saturated heterocycles. The fourth-order valence-electron chi connectivity index (χ4n) is 3.03. The van der Waals surface area contributed by atoms with Gasteiger partial charge in [-0.1, -0.05) is 0 Å². The van der Waals surface area contributed by atoms with Crippen LogP contribution in [0, 0.1) is 6.92 Å². The molecule has 1 aliphatic rings. The largest absolute Gasteiger partial charge is 0.382 e. The van der Waals surface area contributed by atoms with Gasteiger partial charge >= 0.3 is 0 Å². The van der Waals surface area contributed by atoms with E-state index >= 15 is 0 Å². The number of H-pyrrole nitrogens is 1. The Morgan fingerprint density at radius 1 is 1.35 bits per heavy atom. The molecule has 8 nitrogen and oxygen atoms in total. The second kappa shape index (κ2) is 5.43. The molecule has 0 spiro atoms. The van der Waals surface area contributed by atoms with E-state index < -0.39 is 0 Å². The third kappa shape index (κ3) is 2.62. The van der Waals surface area contributed by atoms with Crippen molar-refractivity contribution in [1.29, 1.82) is 0 Å². The highest BCUT2D eigenvalue weighted by atomic mass is 32.1. The van der Waals surface area contributed by atoms with Crippen LogP contribution in [0.5, 0.6) is 0 Å².